The molecule has 0 aromatic carbocycles. The van der Waals surface area contributed by atoms with Crippen LogP contribution in [0.15, 0.2) is 84.7 Å². The maximum atomic E-state index is 3.91. The van der Waals surface area contributed by atoms with E-state index in [2.05, 4.69) is 79.6 Å². The lowest BCUT2D eigenvalue weighted by Gasteiger charge is -2.30. The van der Waals surface area contributed by atoms with E-state index in [4.69, 9.17) is 0 Å². The second kappa shape index (κ2) is 4.24. The van der Waals surface area contributed by atoms with Crippen molar-refractivity contribution in [3.05, 3.63) is 84.7 Å². The van der Waals surface area contributed by atoms with Gasteiger partial charge in [0.05, 0.1) is 5.54 Å². The molecule has 4 unspecified atom stereocenters. The average molecular weight is 275 g/mol. The van der Waals surface area contributed by atoms with E-state index < -0.39 is 0 Å². The lowest BCUT2D eigenvalue weighted by atomic mass is 9.83. The van der Waals surface area contributed by atoms with E-state index in [0.29, 0.717) is 11.8 Å². The Hall–Kier alpha value is -2.02. The van der Waals surface area contributed by atoms with Crippen molar-refractivity contribution >= 4 is 0 Å². The minimum atomic E-state index is 0.0647. The molecule has 1 heteroatoms. The van der Waals surface area contributed by atoms with Gasteiger partial charge in [0.1, 0.15) is 0 Å². The predicted molar refractivity (Wildman–Crippen MR) is 88.5 cm³/mol. The van der Waals surface area contributed by atoms with Gasteiger partial charge in [0.2, 0.25) is 0 Å². The first-order valence-electron chi connectivity index (χ1n) is 7.76. The molecule has 106 valence electrons. The van der Waals surface area contributed by atoms with Gasteiger partial charge in [0.25, 0.3) is 0 Å². The lowest BCUT2D eigenvalue weighted by molar-refractivity contribution is 0.545. The van der Waals surface area contributed by atoms with Crippen molar-refractivity contribution in [2.24, 2.45) is 17.3 Å². The highest BCUT2D eigenvalue weighted by Crippen LogP contribution is 2.65. The molecule has 21 heavy (non-hydrogen) atoms. The molecule has 0 aromatic heterocycles. The fourth-order valence-corrected chi connectivity index (χ4v) is 3.99. The predicted octanol–water partition coefficient (Wildman–Crippen LogP) is 4.22. The quantitative estimate of drug-likeness (QED) is 0.760. The molecular weight excluding hydrogens is 254 g/mol. The van der Waals surface area contributed by atoms with Gasteiger partial charge in [-0.3, -0.25) is 0 Å². The fourth-order valence-electron chi connectivity index (χ4n) is 3.99. The molecule has 0 aromatic rings. The highest BCUT2D eigenvalue weighted by atomic mass is 15.1. The topological polar surface area (TPSA) is 12.0 Å². The highest BCUT2D eigenvalue weighted by Gasteiger charge is 2.67. The molecule has 0 aliphatic heterocycles. The van der Waals surface area contributed by atoms with Crippen LogP contribution in [0.2, 0.25) is 0 Å². The first-order valence-corrected chi connectivity index (χ1v) is 7.76. The molecule has 4 aliphatic carbocycles. The summed E-state index contributed by atoms with van der Waals surface area (Å²) in [7, 11) is 0. The smallest absolute Gasteiger partial charge is 0.0703 e. The van der Waals surface area contributed by atoms with Crippen LogP contribution in [0.25, 0.3) is 0 Å². The third-order valence-electron chi connectivity index (χ3n) is 5.36. The zero-order chi connectivity index (χ0) is 14.5. The van der Waals surface area contributed by atoms with Crippen LogP contribution in [-0.4, -0.2) is 5.54 Å². The van der Waals surface area contributed by atoms with Crippen LogP contribution in [-0.2, 0) is 0 Å². The van der Waals surface area contributed by atoms with Crippen molar-refractivity contribution < 1.29 is 0 Å². The van der Waals surface area contributed by atoms with E-state index in [9.17, 15) is 0 Å². The van der Waals surface area contributed by atoms with Crippen molar-refractivity contribution in [2.45, 2.75) is 18.9 Å². The van der Waals surface area contributed by atoms with Gasteiger partial charge < -0.3 is 5.32 Å². The van der Waals surface area contributed by atoms with E-state index in [-0.39, 0.29) is 11.0 Å². The zero-order valence-corrected chi connectivity index (χ0v) is 12.4. The second-order valence-corrected chi connectivity index (χ2v) is 6.60. The molecule has 1 N–H and O–H groups in total. The molecule has 0 radical (unpaired) electrons. The van der Waals surface area contributed by atoms with Crippen LogP contribution in [0.3, 0.4) is 0 Å². The van der Waals surface area contributed by atoms with Gasteiger partial charge in [-0.2, -0.15) is 0 Å². The van der Waals surface area contributed by atoms with Crippen molar-refractivity contribution in [1.29, 1.82) is 0 Å². The summed E-state index contributed by atoms with van der Waals surface area (Å²) in [5, 5.41) is 3.80. The average Bonchev–Trinajstić information content (AvgIpc) is 3.13. The molecule has 1 spiro atoms. The lowest BCUT2D eigenvalue weighted by Crippen LogP contribution is -2.37. The Kier molecular flexibility index (Phi) is 2.56. The molecule has 0 heterocycles. The van der Waals surface area contributed by atoms with Crippen LogP contribution in [0.4, 0.5) is 0 Å². The molecule has 1 nitrogen and oxygen atoms in total. The number of rotatable bonds is 3. The summed E-state index contributed by atoms with van der Waals surface area (Å²) < 4.78 is 0. The standard InChI is InChI=1S/C20H21N/c1-3-16-9-10-18(13-15(16)2)21-20-12-6-8-17-7-4-5-11-19(17,20)14-20/h3-13,15-16,21H,1,14H2,2H3. The summed E-state index contributed by atoms with van der Waals surface area (Å²) >= 11 is 0. The third kappa shape index (κ3) is 1.70. The summed E-state index contributed by atoms with van der Waals surface area (Å²) in [5.74, 6) is 0.960. The number of hydrogen-bond acceptors (Lipinski definition) is 1. The molecule has 1 saturated carbocycles. The van der Waals surface area contributed by atoms with E-state index in [1.54, 1.807) is 0 Å². The van der Waals surface area contributed by atoms with Crippen molar-refractivity contribution in [1.82, 2.24) is 5.32 Å². The fraction of sp³-hybridized carbons (Fsp3) is 0.300. The van der Waals surface area contributed by atoms with Crippen molar-refractivity contribution in [3.8, 4) is 0 Å². The van der Waals surface area contributed by atoms with Crippen LogP contribution in [0.5, 0.6) is 0 Å². The van der Waals surface area contributed by atoms with Gasteiger partial charge in [-0.05, 0) is 24.0 Å². The summed E-state index contributed by atoms with van der Waals surface area (Å²) in [4.78, 5) is 0. The maximum Gasteiger partial charge on any atom is 0.0703 e. The molecule has 4 aliphatic rings. The van der Waals surface area contributed by atoms with Crippen LogP contribution in [0, 0.1) is 17.3 Å². The van der Waals surface area contributed by atoms with Gasteiger partial charge >= 0.3 is 0 Å². The largest absolute Gasteiger partial charge is 0.375 e. The molecular formula is C20H21N. The summed E-state index contributed by atoms with van der Waals surface area (Å²) in [5.41, 5.74) is 2.91. The minimum Gasteiger partial charge on any atom is -0.375 e. The normalized spacial score (nSPS) is 41.8. The number of allylic oxidation sites excluding steroid dienone is 9. The Morgan fingerprint density at radius 2 is 2.14 bits per heavy atom. The van der Waals surface area contributed by atoms with Gasteiger partial charge in [-0.25, -0.2) is 0 Å². The maximum absolute atomic E-state index is 3.91. The Morgan fingerprint density at radius 3 is 2.95 bits per heavy atom. The van der Waals surface area contributed by atoms with Gasteiger partial charge in [0.15, 0.2) is 0 Å². The van der Waals surface area contributed by atoms with Crippen LogP contribution in [0.1, 0.15) is 13.3 Å². The SMILES string of the molecule is C=CC1C=CC(NC23C=CC=C4C=CC=CC42C3)=CC1C. The Bertz CT molecular complexity index is 670. The molecule has 0 amide bonds. The zero-order valence-electron chi connectivity index (χ0n) is 12.4. The molecule has 0 saturated heterocycles. The summed E-state index contributed by atoms with van der Waals surface area (Å²) in [6, 6.07) is 0. The molecule has 0 bridgehead atoms. The third-order valence-corrected chi connectivity index (χ3v) is 5.36. The Morgan fingerprint density at radius 1 is 1.24 bits per heavy atom. The molecule has 1 fully saturated rings. The van der Waals surface area contributed by atoms with Crippen molar-refractivity contribution in [3.63, 3.8) is 0 Å². The van der Waals surface area contributed by atoms with Crippen molar-refractivity contribution in [2.75, 3.05) is 0 Å². The second-order valence-electron chi connectivity index (χ2n) is 6.60. The molecule has 4 atom stereocenters. The Labute approximate surface area is 126 Å². The van der Waals surface area contributed by atoms with E-state index in [1.807, 2.05) is 6.08 Å². The number of nitrogens with one attached hydrogen (secondary N) is 1. The van der Waals surface area contributed by atoms with Gasteiger partial charge in [-0.1, -0.05) is 67.7 Å². The van der Waals surface area contributed by atoms with E-state index in [1.165, 1.54) is 11.3 Å². The Balaban J connectivity index is 1.60. The summed E-state index contributed by atoms with van der Waals surface area (Å²) in [6.45, 7) is 6.17. The summed E-state index contributed by atoms with van der Waals surface area (Å²) in [6.07, 6.45) is 25.7. The van der Waals surface area contributed by atoms with Crippen LogP contribution < -0.4 is 5.32 Å². The van der Waals surface area contributed by atoms with Gasteiger partial charge in [0, 0.05) is 17.0 Å². The minimum absolute atomic E-state index is 0.0647. The number of hydrogen-bond donors (Lipinski definition) is 1. The van der Waals surface area contributed by atoms with Gasteiger partial charge in [-0.15, -0.1) is 6.58 Å². The van der Waals surface area contributed by atoms with E-state index >= 15 is 0 Å². The van der Waals surface area contributed by atoms with E-state index in [0.717, 1.165) is 6.42 Å². The molecule has 4 rings (SSSR count). The first kappa shape index (κ1) is 12.7. The van der Waals surface area contributed by atoms with Crippen LogP contribution >= 0.6 is 0 Å². The monoisotopic (exact) mass is 275 g/mol. The highest BCUT2D eigenvalue weighted by molar-refractivity contribution is 5.58. The first-order chi connectivity index (χ1) is 10.2.